The van der Waals surface area contributed by atoms with Gasteiger partial charge < -0.3 is 0 Å². The predicted octanol–water partition coefficient (Wildman–Crippen LogP) is 5.43. The molecule has 0 aliphatic heterocycles. The minimum atomic E-state index is -4.49. The SMILES string of the molecule is O=C(NC(=O)c1c(Cl)cccc1Cl)Nc1cnc(-c2cccc(C(F)(F)F)c2)cn1. The van der Waals surface area contributed by atoms with Gasteiger partial charge in [-0.15, -0.1) is 0 Å². The fourth-order valence-electron chi connectivity index (χ4n) is 2.42. The number of benzene rings is 2. The lowest BCUT2D eigenvalue weighted by atomic mass is 10.1. The number of halogens is 5. The van der Waals surface area contributed by atoms with Gasteiger partial charge in [0.15, 0.2) is 5.82 Å². The van der Waals surface area contributed by atoms with E-state index in [1.807, 2.05) is 5.32 Å². The number of amides is 3. The number of aromatic nitrogens is 2. The van der Waals surface area contributed by atoms with E-state index in [4.69, 9.17) is 23.2 Å². The van der Waals surface area contributed by atoms with Gasteiger partial charge in [0, 0.05) is 5.56 Å². The summed E-state index contributed by atoms with van der Waals surface area (Å²) >= 11 is 11.8. The first kappa shape index (κ1) is 21.5. The summed E-state index contributed by atoms with van der Waals surface area (Å²) in [5, 5.41) is 4.47. The zero-order valence-electron chi connectivity index (χ0n) is 14.8. The van der Waals surface area contributed by atoms with Gasteiger partial charge in [-0.25, -0.2) is 9.78 Å². The van der Waals surface area contributed by atoms with Crippen LogP contribution in [0, 0.1) is 0 Å². The van der Waals surface area contributed by atoms with Crippen LogP contribution in [0.4, 0.5) is 23.8 Å². The minimum Gasteiger partial charge on any atom is -0.291 e. The number of nitrogens with zero attached hydrogens (tertiary/aromatic N) is 2. The van der Waals surface area contributed by atoms with E-state index in [1.54, 1.807) is 6.07 Å². The molecule has 1 heterocycles. The smallest absolute Gasteiger partial charge is 0.291 e. The van der Waals surface area contributed by atoms with E-state index in [1.165, 1.54) is 30.5 Å². The monoisotopic (exact) mass is 454 g/mol. The second-order valence-corrected chi connectivity index (χ2v) is 6.68. The fourth-order valence-corrected chi connectivity index (χ4v) is 2.99. The third-order valence-corrected chi connectivity index (χ3v) is 4.43. The summed E-state index contributed by atoms with van der Waals surface area (Å²) in [4.78, 5) is 32.1. The first-order chi connectivity index (χ1) is 14.1. The highest BCUT2D eigenvalue weighted by molar-refractivity contribution is 6.40. The Morgan fingerprint density at radius 2 is 1.60 bits per heavy atom. The standard InChI is InChI=1S/C19H11Cl2F3N4O2/c20-12-5-2-6-13(21)16(12)17(29)28-18(30)27-15-9-25-14(8-26-15)10-3-1-4-11(7-10)19(22,23)24/h1-9H,(H2,26,27,28,29,30). The lowest BCUT2D eigenvalue weighted by Gasteiger charge is -2.10. The fraction of sp³-hybridized carbons (Fsp3) is 0.0526. The Hall–Kier alpha value is -3.17. The molecule has 6 nitrogen and oxygen atoms in total. The number of anilines is 1. The molecule has 0 atom stereocenters. The minimum absolute atomic E-state index is 0.0266. The molecule has 3 amide bonds. The van der Waals surface area contributed by atoms with Crippen LogP contribution in [-0.4, -0.2) is 21.9 Å². The molecule has 0 spiro atoms. The number of rotatable bonds is 3. The van der Waals surface area contributed by atoms with Gasteiger partial charge in [0.2, 0.25) is 0 Å². The molecule has 11 heteroatoms. The van der Waals surface area contributed by atoms with Crippen molar-refractivity contribution in [3.8, 4) is 11.3 Å². The van der Waals surface area contributed by atoms with Gasteiger partial charge in [0.25, 0.3) is 5.91 Å². The number of nitrogens with one attached hydrogen (secondary N) is 2. The number of hydrogen-bond acceptors (Lipinski definition) is 4. The summed E-state index contributed by atoms with van der Waals surface area (Å²) in [6.07, 6.45) is -2.15. The molecule has 0 aliphatic rings. The summed E-state index contributed by atoms with van der Waals surface area (Å²) in [6.45, 7) is 0. The van der Waals surface area contributed by atoms with Gasteiger partial charge in [-0.05, 0) is 24.3 Å². The molecular weight excluding hydrogens is 444 g/mol. The molecule has 30 heavy (non-hydrogen) atoms. The van der Waals surface area contributed by atoms with Crippen molar-refractivity contribution in [2.24, 2.45) is 0 Å². The molecule has 3 rings (SSSR count). The highest BCUT2D eigenvalue weighted by atomic mass is 35.5. The molecule has 2 N–H and O–H groups in total. The Morgan fingerprint density at radius 3 is 2.20 bits per heavy atom. The van der Waals surface area contributed by atoms with Crippen molar-refractivity contribution in [1.82, 2.24) is 15.3 Å². The number of urea groups is 1. The van der Waals surface area contributed by atoms with Crippen molar-refractivity contribution in [2.45, 2.75) is 6.18 Å². The maximum Gasteiger partial charge on any atom is 0.416 e. The normalized spacial score (nSPS) is 11.1. The van der Waals surface area contributed by atoms with Crippen LogP contribution in [0.3, 0.4) is 0 Å². The topological polar surface area (TPSA) is 84.0 Å². The lowest BCUT2D eigenvalue weighted by Crippen LogP contribution is -2.35. The molecule has 2 aromatic carbocycles. The highest BCUT2D eigenvalue weighted by Gasteiger charge is 2.30. The van der Waals surface area contributed by atoms with Gasteiger partial charge in [0.1, 0.15) is 0 Å². The van der Waals surface area contributed by atoms with E-state index in [2.05, 4.69) is 15.3 Å². The molecule has 0 fully saturated rings. The van der Waals surface area contributed by atoms with Crippen molar-refractivity contribution in [3.05, 3.63) is 76.0 Å². The van der Waals surface area contributed by atoms with Crippen LogP contribution in [0.5, 0.6) is 0 Å². The van der Waals surface area contributed by atoms with Crippen LogP contribution >= 0.6 is 23.2 Å². The van der Waals surface area contributed by atoms with E-state index < -0.39 is 23.7 Å². The molecule has 0 aliphatic carbocycles. The first-order valence-electron chi connectivity index (χ1n) is 8.21. The van der Waals surface area contributed by atoms with E-state index in [9.17, 15) is 22.8 Å². The second-order valence-electron chi connectivity index (χ2n) is 5.87. The van der Waals surface area contributed by atoms with Crippen molar-refractivity contribution in [3.63, 3.8) is 0 Å². The van der Waals surface area contributed by atoms with Crippen molar-refractivity contribution < 1.29 is 22.8 Å². The van der Waals surface area contributed by atoms with E-state index in [0.29, 0.717) is 0 Å². The lowest BCUT2D eigenvalue weighted by molar-refractivity contribution is -0.137. The Kier molecular flexibility index (Phi) is 6.23. The Balaban J connectivity index is 1.69. The van der Waals surface area contributed by atoms with Gasteiger partial charge in [-0.2, -0.15) is 13.2 Å². The third-order valence-electron chi connectivity index (χ3n) is 3.80. The molecule has 0 radical (unpaired) electrons. The molecule has 0 saturated carbocycles. The van der Waals surface area contributed by atoms with Crippen molar-refractivity contribution >= 4 is 41.0 Å². The maximum absolute atomic E-state index is 12.8. The highest BCUT2D eigenvalue weighted by Crippen LogP contribution is 2.31. The molecule has 3 aromatic rings. The largest absolute Gasteiger partial charge is 0.416 e. The van der Waals surface area contributed by atoms with Gasteiger partial charge >= 0.3 is 12.2 Å². The zero-order chi connectivity index (χ0) is 21.9. The van der Waals surface area contributed by atoms with E-state index in [0.717, 1.165) is 18.3 Å². The summed E-state index contributed by atoms with van der Waals surface area (Å²) in [5.74, 6) is -0.849. The molecule has 0 unspecified atom stereocenters. The van der Waals surface area contributed by atoms with Gasteiger partial charge in [0.05, 0.1) is 39.3 Å². The molecule has 0 saturated heterocycles. The van der Waals surface area contributed by atoms with Crippen molar-refractivity contribution in [2.75, 3.05) is 5.32 Å². The Labute approximate surface area is 178 Å². The van der Waals surface area contributed by atoms with Crippen LogP contribution in [0.15, 0.2) is 54.9 Å². The predicted molar refractivity (Wildman–Crippen MR) is 105 cm³/mol. The van der Waals surface area contributed by atoms with E-state index in [-0.39, 0.29) is 32.7 Å². The summed E-state index contributed by atoms with van der Waals surface area (Å²) in [5.41, 5.74) is -0.509. The molecule has 0 bridgehead atoms. The molecule has 1 aromatic heterocycles. The molecule has 154 valence electrons. The number of carbonyl (C=O) groups excluding carboxylic acids is 2. The first-order valence-corrected chi connectivity index (χ1v) is 8.97. The Morgan fingerprint density at radius 1 is 0.933 bits per heavy atom. The third kappa shape index (κ3) is 5.05. The van der Waals surface area contributed by atoms with Gasteiger partial charge in [-0.3, -0.25) is 20.4 Å². The van der Waals surface area contributed by atoms with Crippen LogP contribution in [0.1, 0.15) is 15.9 Å². The summed E-state index contributed by atoms with van der Waals surface area (Å²) in [6, 6.07) is 8.10. The summed E-state index contributed by atoms with van der Waals surface area (Å²) < 4.78 is 38.5. The van der Waals surface area contributed by atoms with Crippen LogP contribution < -0.4 is 10.6 Å². The Bertz CT molecular complexity index is 1090. The molecular formula is C19H11Cl2F3N4O2. The second kappa shape index (κ2) is 8.68. The number of hydrogen-bond donors (Lipinski definition) is 2. The van der Waals surface area contributed by atoms with E-state index >= 15 is 0 Å². The van der Waals surface area contributed by atoms with Crippen LogP contribution in [0.2, 0.25) is 10.0 Å². The average Bonchev–Trinajstić information content (AvgIpc) is 2.68. The van der Waals surface area contributed by atoms with Crippen LogP contribution in [-0.2, 0) is 6.18 Å². The quantitative estimate of drug-likeness (QED) is 0.552. The average molecular weight is 455 g/mol. The summed E-state index contributed by atoms with van der Waals surface area (Å²) in [7, 11) is 0. The number of carbonyl (C=O) groups is 2. The maximum atomic E-state index is 12.8. The van der Waals surface area contributed by atoms with Crippen LogP contribution in [0.25, 0.3) is 11.3 Å². The zero-order valence-corrected chi connectivity index (χ0v) is 16.3. The van der Waals surface area contributed by atoms with Gasteiger partial charge in [-0.1, -0.05) is 41.4 Å². The number of imide groups is 1. The number of alkyl halides is 3. The van der Waals surface area contributed by atoms with Crippen molar-refractivity contribution in [1.29, 1.82) is 0 Å².